The van der Waals surface area contributed by atoms with E-state index >= 15 is 0 Å². The van der Waals surface area contributed by atoms with E-state index in [-0.39, 0.29) is 17.7 Å². The van der Waals surface area contributed by atoms with Crippen LogP contribution in [0.1, 0.15) is 44.8 Å². The molecule has 1 aliphatic rings. The summed E-state index contributed by atoms with van der Waals surface area (Å²) in [5.41, 5.74) is 5.46. The molecule has 1 aromatic rings. The summed E-state index contributed by atoms with van der Waals surface area (Å²) in [6, 6.07) is 3.25. The zero-order chi connectivity index (χ0) is 13.9. The largest absolute Gasteiger partial charge is 0.447 e. The Morgan fingerprint density at radius 3 is 2.84 bits per heavy atom. The maximum absolute atomic E-state index is 12.6. The van der Waals surface area contributed by atoms with Gasteiger partial charge < -0.3 is 10.2 Å². The molecule has 0 radical (unpaired) electrons. The summed E-state index contributed by atoms with van der Waals surface area (Å²) < 4.78 is 32.1. The quantitative estimate of drug-likeness (QED) is 0.899. The van der Waals surface area contributed by atoms with E-state index in [2.05, 4.69) is 6.92 Å². The van der Waals surface area contributed by atoms with Crippen LogP contribution in [-0.4, -0.2) is 25.3 Å². The normalized spacial score (nSPS) is 21.7. The Kier molecular flexibility index (Phi) is 4.65. The number of nitrogens with zero attached hydrogens (tertiary/aromatic N) is 1. The predicted molar refractivity (Wildman–Crippen MR) is 73.0 cm³/mol. The van der Waals surface area contributed by atoms with Gasteiger partial charge in [0, 0.05) is 12.6 Å². The molecule has 2 N–H and O–H groups in total. The molecule has 0 saturated carbocycles. The molecule has 1 aromatic heterocycles. The zero-order valence-corrected chi connectivity index (χ0v) is 12.2. The minimum atomic E-state index is -3.51. The topological polar surface area (TPSA) is 76.5 Å². The summed E-state index contributed by atoms with van der Waals surface area (Å²) in [7, 11) is -3.51. The molecular weight excluding hydrogens is 264 g/mol. The van der Waals surface area contributed by atoms with Crippen molar-refractivity contribution in [2.75, 3.05) is 6.54 Å². The minimum Gasteiger partial charge on any atom is -0.447 e. The highest BCUT2D eigenvalue weighted by Crippen LogP contribution is 2.28. The van der Waals surface area contributed by atoms with Crippen LogP contribution in [0.3, 0.4) is 0 Å². The van der Waals surface area contributed by atoms with E-state index in [4.69, 9.17) is 10.2 Å². The number of sulfonamides is 1. The maximum atomic E-state index is 12.6. The molecule has 2 rings (SSSR count). The monoisotopic (exact) mass is 286 g/mol. The third kappa shape index (κ3) is 3.01. The summed E-state index contributed by atoms with van der Waals surface area (Å²) in [6.45, 7) is 2.89. The molecule has 1 fully saturated rings. The van der Waals surface area contributed by atoms with Crippen LogP contribution in [0.5, 0.6) is 0 Å². The molecule has 1 aliphatic heterocycles. The highest BCUT2D eigenvalue weighted by molar-refractivity contribution is 7.89. The van der Waals surface area contributed by atoms with E-state index in [1.807, 2.05) is 0 Å². The van der Waals surface area contributed by atoms with E-state index < -0.39 is 10.0 Å². The van der Waals surface area contributed by atoms with E-state index in [1.165, 1.54) is 6.07 Å². The first kappa shape index (κ1) is 14.6. The van der Waals surface area contributed by atoms with Gasteiger partial charge in [0.05, 0.1) is 6.54 Å². The van der Waals surface area contributed by atoms with E-state index in [9.17, 15) is 8.42 Å². The van der Waals surface area contributed by atoms with Crippen molar-refractivity contribution < 1.29 is 12.8 Å². The molecule has 19 heavy (non-hydrogen) atoms. The standard InChI is InChI=1S/C13H22N2O3S/c1-2-5-11-6-3-4-9-15(11)19(16,17)13-8-7-12(10-14)18-13/h7-8,11H,2-6,9-10,14H2,1H3. The molecule has 1 atom stereocenters. The third-order valence-corrected chi connectivity index (χ3v) is 5.42. The number of nitrogens with two attached hydrogens (primary N) is 1. The van der Waals surface area contributed by atoms with Crippen molar-refractivity contribution in [3.05, 3.63) is 17.9 Å². The zero-order valence-electron chi connectivity index (χ0n) is 11.3. The van der Waals surface area contributed by atoms with Gasteiger partial charge in [0.2, 0.25) is 5.09 Å². The number of hydrogen-bond donors (Lipinski definition) is 1. The molecule has 0 spiro atoms. The van der Waals surface area contributed by atoms with Crippen LogP contribution in [0.25, 0.3) is 0 Å². The van der Waals surface area contributed by atoms with Gasteiger partial charge in [0.15, 0.2) is 0 Å². The lowest BCUT2D eigenvalue weighted by atomic mass is 10.0. The van der Waals surface area contributed by atoms with E-state index in [0.717, 1.165) is 32.1 Å². The fourth-order valence-electron chi connectivity index (χ4n) is 2.63. The highest BCUT2D eigenvalue weighted by Gasteiger charge is 2.34. The van der Waals surface area contributed by atoms with Crippen molar-refractivity contribution in [3.8, 4) is 0 Å². The molecule has 6 heteroatoms. The molecule has 2 heterocycles. The van der Waals surface area contributed by atoms with E-state index in [0.29, 0.717) is 12.3 Å². The molecule has 0 amide bonds. The number of hydrogen-bond acceptors (Lipinski definition) is 4. The minimum absolute atomic E-state index is 0.0240. The fourth-order valence-corrected chi connectivity index (χ4v) is 4.29. The SMILES string of the molecule is CCCC1CCCCN1S(=O)(=O)c1ccc(CN)o1. The number of piperidine rings is 1. The fraction of sp³-hybridized carbons (Fsp3) is 0.692. The average Bonchev–Trinajstić information content (AvgIpc) is 2.89. The van der Waals surface area contributed by atoms with Gasteiger partial charge in [-0.3, -0.25) is 0 Å². The lowest BCUT2D eigenvalue weighted by Gasteiger charge is -2.33. The first-order chi connectivity index (χ1) is 9.09. The van der Waals surface area contributed by atoms with Crippen molar-refractivity contribution in [3.63, 3.8) is 0 Å². The van der Waals surface area contributed by atoms with Crippen LogP contribution in [0, 0.1) is 0 Å². The van der Waals surface area contributed by atoms with Crippen LogP contribution in [0.15, 0.2) is 21.6 Å². The van der Waals surface area contributed by atoms with Crippen LogP contribution >= 0.6 is 0 Å². The Morgan fingerprint density at radius 1 is 1.42 bits per heavy atom. The summed E-state index contributed by atoms with van der Waals surface area (Å²) in [6.07, 6.45) is 4.86. The van der Waals surface area contributed by atoms with Crippen LogP contribution < -0.4 is 5.73 Å². The molecule has 0 bridgehead atoms. The first-order valence-corrected chi connectivity index (χ1v) is 8.34. The van der Waals surface area contributed by atoms with Crippen molar-refractivity contribution in [2.45, 2.75) is 56.7 Å². The highest BCUT2D eigenvalue weighted by atomic mass is 32.2. The molecule has 108 valence electrons. The second-order valence-corrected chi connectivity index (χ2v) is 6.80. The smallest absolute Gasteiger partial charge is 0.276 e. The summed E-state index contributed by atoms with van der Waals surface area (Å²) in [5.74, 6) is 0.502. The molecule has 0 aromatic carbocycles. The molecule has 5 nitrogen and oxygen atoms in total. The number of rotatable bonds is 5. The second kappa shape index (κ2) is 6.07. The van der Waals surface area contributed by atoms with Gasteiger partial charge in [0.25, 0.3) is 10.0 Å². The third-order valence-electron chi connectivity index (χ3n) is 3.60. The first-order valence-electron chi connectivity index (χ1n) is 6.90. The number of furan rings is 1. The second-order valence-electron chi connectivity index (χ2n) is 4.98. The van der Waals surface area contributed by atoms with Gasteiger partial charge in [-0.1, -0.05) is 19.8 Å². The molecule has 1 saturated heterocycles. The van der Waals surface area contributed by atoms with Gasteiger partial charge in [-0.25, -0.2) is 8.42 Å². The van der Waals surface area contributed by atoms with Crippen molar-refractivity contribution in [2.24, 2.45) is 5.73 Å². The summed E-state index contributed by atoms with van der Waals surface area (Å²) >= 11 is 0. The Hall–Kier alpha value is -0.850. The molecule has 0 aliphatic carbocycles. The van der Waals surface area contributed by atoms with Crippen molar-refractivity contribution in [1.82, 2.24) is 4.31 Å². The molecular formula is C13H22N2O3S. The van der Waals surface area contributed by atoms with Gasteiger partial charge in [-0.2, -0.15) is 4.31 Å². The van der Waals surface area contributed by atoms with Crippen LogP contribution in [-0.2, 0) is 16.6 Å². The van der Waals surface area contributed by atoms with Crippen molar-refractivity contribution in [1.29, 1.82) is 0 Å². The Labute approximate surface area is 114 Å². The maximum Gasteiger partial charge on any atom is 0.276 e. The van der Waals surface area contributed by atoms with Crippen LogP contribution in [0.4, 0.5) is 0 Å². The van der Waals surface area contributed by atoms with Gasteiger partial charge in [-0.15, -0.1) is 0 Å². The Balaban J connectivity index is 2.25. The lowest BCUT2D eigenvalue weighted by molar-refractivity contribution is 0.233. The van der Waals surface area contributed by atoms with Gasteiger partial charge in [-0.05, 0) is 31.4 Å². The predicted octanol–water partition coefficient (Wildman–Crippen LogP) is 2.08. The summed E-state index contributed by atoms with van der Waals surface area (Å²) in [4.78, 5) is 0. The van der Waals surface area contributed by atoms with Crippen molar-refractivity contribution >= 4 is 10.0 Å². The molecule has 1 unspecified atom stereocenters. The average molecular weight is 286 g/mol. The Morgan fingerprint density at radius 2 is 2.21 bits per heavy atom. The van der Waals surface area contributed by atoms with Gasteiger partial charge >= 0.3 is 0 Å². The lowest BCUT2D eigenvalue weighted by Crippen LogP contribution is -2.43. The Bertz CT molecular complexity index is 508. The van der Waals surface area contributed by atoms with Crippen LogP contribution in [0.2, 0.25) is 0 Å². The van der Waals surface area contributed by atoms with E-state index in [1.54, 1.807) is 10.4 Å². The van der Waals surface area contributed by atoms with Gasteiger partial charge in [0.1, 0.15) is 5.76 Å². The summed E-state index contributed by atoms with van der Waals surface area (Å²) in [5, 5.41) is 0.0240.